The molecule has 0 fully saturated rings. The fraction of sp³-hybridized carbons (Fsp3) is 0.333. The first kappa shape index (κ1) is 19.7. The smallest absolute Gasteiger partial charge is 0.319 e. The van der Waals surface area contributed by atoms with Crippen molar-refractivity contribution in [2.75, 3.05) is 20.3 Å². The molecule has 1 aromatic rings. The van der Waals surface area contributed by atoms with Crippen molar-refractivity contribution in [1.82, 2.24) is 15.4 Å². The van der Waals surface area contributed by atoms with Crippen molar-refractivity contribution in [3.63, 3.8) is 0 Å². The normalized spacial score (nSPS) is 18.9. The van der Waals surface area contributed by atoms with Gasteiger partial charge in [0.05, 0.1) is 9.95 Å². The lowest BCUT2D eigenvalue weighted by molar-refractivity contribution is -0.384. The van der Waals surface area contributed by atoms with E-state index in [1.807, 2.05) is 0 Å². The number of non-ortho nitro benzene ring substituents is 1. The second-order valence-electron chi connectivity index (χ2n) is 5.42. The zero-order valence-electron chi connectivity index (χ0n) is 14.0. The number of carbonyl (C=O) groups excluding carboxylic acids is 2. The zero-order chi connectivity index (χ0) is 19.2. The number of nitro benzene ring substituents is 1. The molecule has 1 aromatic carbocycles. The Kier molecular flexibility index (Phi) is 6.55. The van der Waals surface area contributed by atoms with Gasteiger partial charge in [-0.2, -0.15) is 0 Å². The van der Waals surface area contributed by atoms with E-state index in [1.54, 1.807) is 7.11 Å². The van der Waals surface area contributed by atoms with Gasteiger partial charge in [-0.25, -0.2) is 9.52 Å². The monoisotopic (exact) mass is 381 g/mol. The largest absolute Gasteiger partial charge is 0.385 e. The number of nitrogens with two attached hydrogens (primary N) is 1. The minimum absolute atomic E-state index is 0.100. The number of urea groups is 1. The molecule has 1 heterocycles. The minimum atomic E-state index is -1.38. The quantitative estimate of drug-likeness (QED) is 0.224. The van der Waals surface area contributed by atoms with Crippen molar-refractivity contribution >= 4 is 29.6 Å². The molecule has 2 rings (SSSR count). The van der Waals surface area contributed by atoms with Crippen LogP contribution in [0, 0.1) is 10.1 Å². The molecule has 0 spiro atoms. The number of hydrogen-bond acceptors (Lipinski definition) is 7. The molecule has 3 amide bonds. The summed E-state index contributed by atoms with van der Waals surface area (Å²) in [6, 6.07) is 5.04. The highest BCUT2D eigenvalue weighted by molar-refractivity contribution is 8.01. The summed E-state index contributed by atoms with van der Waals surface area (Å²) >= 11 is 1.03. The van der Waals surface area contributed by atoms with Gasteiger partial charge in [0.15, 0.2) is 5.54 Å². The Morgan fingerprint density at radius 2 is 2.08 bits per heavy atom. The zero-order valence-corrected chi connectivity index (χ0v) is 14.8. The van der Waals surface area contributed by atoms with Crippen molar-refractivity contribution in [2.24, 2.45) is 5.73 Å². The van der Waals surface area contributed by atoms with Gasteiger partial charge in [0.25, 0.3) is 5.69 Å². The van der Waals surface area contributed by atoms with Gasteiger partial charge >= 0.3 is 6.03 Å². The van der Waals surface area contributed by atoms with Crippen LogP contribution in [0.15, 0.2) is 35.4 Å². The van der Waals surface area contributed by atoms with E-state index in [0.717, 1.165) is 11.9 Å². The molecule has 11 heteroatoms. The summed E-state index contributed by atoms with van der Waals surface area (Å²) in [5.74, 6) is -0.698. The summed E-state index contributed by atoms with van der Waals surface area (Å²) in [6.45, 7) is 0.971. The molecule has 10 nitrogen and oxygen atoms in total. The number of carbonyl (C=O) groups is 2. The van der Waals surface area contributed by atoms with Gasteiger partial charge < -0.3 is 21.1 Å². The second kappa shape index (κ2) is 8.65. The maximum absolute atomic E-state index is 12.0. The third kappa shape index (κ3) is 4.50. The van der Waals surface area contributed by atoms with E-state index in [1.165, 1.54) is 30.3 Å². The molecule has 140 valence electrons. The Morgan fingerprint density at radius 3 is 2.65 bits per heavy atom. The van der Waals surface area contributed by atoms with E-state index in [-0.39, 0.29) is 5.69 Å². The van der Waals surface area contributed by atoms with Crippen molar-refractivity contribution in [2.45, 2.75) is 12.0 Å². The van der Waals surface area contributed by atoms with E-state index in [9.17, 15) is 19.7 Å². The van der Waals surface area contributed by atoms with Crippen LogP contribution in [0.1, 0.15) is 12.0 Å². The van der Waals surface area contributed by atoms with Crippen LogP contribution >= 0.6 is 11.9 Å². The SMILES string of the molecule is COCCCNC(=O)NC1=CC(C(N)=O)(c2ccc([N+](=O)[O-])cc2)NS1. The topological polar surface area (TPSA) is 149 Å². The number of primary amides is 1. The van der Waals surface area contributed by atoms with Gasteiger partial charge in [-0.15, -0.1) is 0 Å². The highest BCUT2D eigenvalue weighted by atomic mass is 32.2. The van der Waals surface area contributed by atoms with Crippen molar-refractivity contribution in [1.29, 1.82) is 0 Å². The average molecular weight is 381 g/mol. The first-order chi connectivity index (χ1) is 12.4. The average Bonchev–Trinajstić information content (AvgIpc) is 3.04. The van der Waals surface area contributed by atoms with Crippen LogP contribution in [0.5, 0.6) is 0 Å². The predicted octanol–water partition coefficient (Wildman–Crippen LogP) is 0.704. The van der Waals surface area contributed by atoms with E-state index in [0.29, 0.717) is 30.2 Å². The molecule has 5 N–H and O–H groups in total. The third-order valence-electron chi connectivity index (χ3n) is 3.64. The van der Waals surface area contributed by atoms with Crippen molar-refractivity contribution in [3.05, 3.63) is 51.0 Å². The molecular formula is C15H19N5O5S. The molecule has 0 saturated heterocycles. The summed E-state index contributed by atoms with van der Waals surface area (Å²) in [5.41, 5.74) is 4.49. The maximum atomic E-state index is 12.0. The summed E-state index contributed by atoms with van der Waals surface area (Å²) in [6.07, 6.45) is 2.15. The van der Waals surface area contributed by atoms with Gasteiger partial charge in [-0.05, 0) is 42.1 Å². The van der Waals surface area contributed by atoms with Crippen LogP contribution in [0.3, 0.4) is 0 Å². The van der Waals surface area contributed by atoms with E-state index in [2.05, 4.69) is 15.4 Å². The minimum Gasteiger partial charge on any atom is -0.385 e. The number of ether oxygens (including phenoxy) is 1. The number of nitro groups is 1. The van der Waals surface area contributed by atoms with Crippen LogP contribution in [-0.4, -0.2) is 37.1 Å². The summed E-state index contributed by atoms with van der Waals surface area (Å²) in [7, 11) is 1.58. The Balaban J connectivity index is 2.11. The van der Waals surface area contributed by atoms with Crippen LogP contribution < -0.4 is 21.1 Å². The summed E-state index contributed by atoms with van der Waals surface area (Å²) in [4.78, 5) is 34.1. The number of amides is 3. The Bertz CT molecular complexity index is 724. The van der Waals surface area contributed by atoms with Crippen molar-refractivity contribution < 1.29 is 19.2 Å². The van der Waals surface area contributed by atoms with Gasteiger partial charge in [0, 0.05) is 32.4 Å². The summed E-state index contributed by atoms with van der Waals surface area (Å²) < 4.78 is 7.78. The number of benzene rings is 1. The van der Waals surface area contributed by atoms with Crippen LogP contribution in [0.25, 0.3) is 0 Å². The number of nitrogens with zero attached hydrogens (tertiary/aromatic N) is 1. The van der Waals surface area contributed by atoms with Gasteiger partial charge in [0.2, 0.25) is 5.91 Å². The molecule has 1 aliphatic rings. The number of nitrogens with one attached hydrogen (secondary N) is 3. The highest BCUT2D eigenvalue weighted by Gasteiger charge is 2.41. The molecule has 1 aliphatic heterocycles. The predicted molar refractivity (Wildman–Crippen MR) is 95.8 cm³/mol. The van der Waals surface area contributed by atoms with Gasteiger partial charge in [0.1, 0.15) is 0 Å². The molecular weight excluding hydrogens is 362 g/mol. The van der Waals surface area contributed by atoms with Gasteiger partial charge in [-0.3, -0.25) is 14.9 Å². The van der Waals surface area contributed by atoms with E-state index < -0.39 is 22.4 Å². The number of hydrogen-bond donors (Lipinski definition) is 4. The Hall–Kier alpha value is -2.63. The lowest BCUT2D eigenvalue weighted by Crippen LogP contribution is -2.46. The molecule has 1 atom stereocenters. The number of methoxy groups -OCH3 is 1. The van der Waals surface area contributed by atoms with Crippen molar-refractivity contribution in [3.8, 4) is 0 Å². The molecule has 0 radical (unpaired) electrons. The van der Waals surface area contributed by atoms with Crippen LogP contribution in [0.2, 0.25) is 0 Å². The lowest BCUT2D eigenvalue weighted by atomic mass is 9.90. The van der Waals surface area contributed by atoms with E-state index >= 15 is 0 Å². The highest BCUT2D eigenvalue weighted by Crippen LogP contribution is 2.35. The first-order valence-corrected chi connectivity index (χ1v) is 8.46. The third-order valence-corrected chi connectivity index (χ3v) is 4.50. The maximum Gasteiger partial charge on any atom is 0.319 e. The lowest BCUT2D eigenvalue weighted by Gasteiger charge is -2.23. The van der Waals surface area contributed by atoms with Crippen LogP contribution in [-0.2, 0) is 15.1 Å². The molecule has 0 aromatic heterocycles. The van der Waals surface area contributed by atoms with E-state index in [4.69, 9.17) is 10.5 Å². The molecule has 26 heavy (non-hydrogen) atoms. The Labute approximate surface area is 153 Å². The fourth-order valence-electron chi connectivity index (χ4n) is 2.28. The molecule has 1 unspecified atom stereocenters. The molecule has 0 saturated carbocycles. The first-order valence-electron chi connectivity index (χ1n) is 7.64. The summed E-state index contributed by atoms with van der Waals surface area (Å²) in [5, 5.41) is 16.4. The number of rotatable bonds is 8. The standard InChI is InChI=1S/C15H19N5O5S/c1-25-8-2-7-17-14(22)18-12-9-15(13(16)21,19-26-12)10-3-5-11(6-4-10)20(23)24/h3-6,9,19H,2,7-8H2,1H3,(H2,16,21)(H2,17,18,22). The van der Waals surface area contributed by atoms with Crippen LogP contribution in [0.4, 0.5) is 10.5 Å². The molecule has 0 bridgehead atoms. The fourth-order valence-corrected chi connectivity index (χ4v) is 3.21. The Morgan fingerprint density at radius 1 is 1.38 bits per heavy atom. The van der Waals surface area contributed by atoms with Gasteiger partial charge in [-0.1, -0.05) is 0 Å². The molecule has 0 aliphatic carbocycles. The second-order valence-corrected chi connectivity index (χ2v) is 6.26.